The molecule has 0 aromatic heterocycles. The van der Waals surface area contributed by atoms with E-state index in [9.17, 15) is 14.4 Å². The lowest BCUT2D eigenvalue weighted by atomic mass is 10.0. The molecule has 6 nitrogen and oxygen atoms in total. The van der Waals surface area contributed by atoms with Gasteiger partial charge in [0.15, 0.2) is 6.10 Å². The highest BCUT2D eigenvalue weighted by atomic mass is 16.6. The van der Waals surface area contributed by atoms with Crippen molar-refractivity contribution in [1.29, 1.82) is 0 Å². The molecule has 452 valence electrons. The van der Waals surface area contributed by atoms with E-state index >= 15 is 0 Å². The van der Waals surface area contributed by atoms with Gasteiger partial charge in [-0.25, -0.2) is 0 Å². The number of allylic oxidation sites excluding steroid dienone is 18. The second-order valence-electron chi connectivity index (χ2n) is 22.0. The molecule has 0 fully saturated rings. The van der Waals surface area contributed by atoms with Gasteiger partial charge in [0.2, 0.25) is 0 Å². The summed E-state index contributed by atoms with van der Waals surface area (Å²) in [5, 5.41) is 0. The Morgan fingerprint density at radius 3 is 0.785 bits per heavy atom. The summed E-state index contributed by atoms with van der Waals surface area (Å²) in [6.07, 6.45) is 91.2. The van der Waals surface area contributed by atoms with E-state index in [0.29, 0.717) is 12.8 Å². The van der Waals surface area contributed by atoms with Crippen LogP contribution in [0.15, 0.2) is 109 Å². The van der Waals surface area contributed by atoms with E-state index in [-0.39, 0.29) is 37.5 Å². The smallest absolute Gasteiger partial charge is 0.306 e. The molecule has 0 N–H and O–H groups in total. The van der Waals surface area contributed by atoms with E-state index in [4.69, 9.17) is 14.2 Å². The molecular weight excluding hydrogens is 973 g/mol. The van der Waals surface area contributed by atoms with Gasteiger partial charge in [0.1, 0.15) is 13.2 Å². The topological polar surface area (TPSA) is 78.9 Å². The van der Waals surface area contributed by atoms with Gasteiger partial charge in [-0.15, -0.1) is 0 Å². The van der Waals surface area contributed by atoms with Crippen LogP contribution in [-0.2, 0) is 28.6 Å². The van der Waals surface area contributed by atoms with Gasteiger partial charge in [0, 0.05) is 19.3 Å². The third kappa shape index (κ3) is 64.8. The Bertz CT molecular complexity index is 1590. The van der Waals surface area contributed by atoms with Gasteiger partial charge in [-0.1, -0.05) is 297 Å². The molecule has 0 amide bonds. The van der Waals surface area contributed by atoms with Crippen molar-refractivity contribution < 1.29 is 28.6 Å². The molecule has 0 heterocycles. The third-order valence-corrected chi connectivity index (χ3v) is 14.3. The Hall–Kier alpha value is -3.93. The third-order valence-electron chi connectivity index (χ3n) is 14.3. The highest BCUT2D eigenvalue weighted by Gasteiger charge is 2.19. The predicted octanol–water partition coefficient (Wildman–Crippen LogP) is 23.0. The Morgan fingerprint density at radius 2 is 0.494 bits per heavy atom. The highest BCUT2D eigenvalue weighted by Crippen LogP contribution is 2.16. The van der Waals surface area contributed by atoms with Crippen LogP contribution < -0.4 is 0 Å². The molecule has 0 aromatic rings. The summed E-state index contributed by atoms with van der Waals surface area (Å²) in [7, 11) is 0. The Morgan fingerprint density at radius 1 is 0.266 bits per heavy atom. The van der Waals surface area contributed by atoms with Crippen LogP contribution >= 0.6 is 0 Å². The molecule has 0 aliphatic rings. The second-order valence-corrected chi connectivity index (χ2v) is 22.0. The molecule has 0 radical (unpaired) electrons. The van der Waals surface area contributed by atoms with Crippen molar-refractivity contribution in [3.05, 3.63) is 109 Å². The fourth-order valence-corrected chi connectivity index (χ4v) is 9.28. The van der Waals surface area contributed by atoms with Crippen LogP contribution in [-0.4, -0.2) is 37.2 Å². The van der Waals surface area contributed by atoms with Gasteiger partial charge in [-0.2, -0.15) is 0 Å². The number of esters is 3. The van der Waals surface area contributed by atoms with Crippen molar-refractivity contribution in [1.82, 2.24) is 0 Å². The van der Waals surface area contributed by atoms with Gasteiger partial charge in [0.05, 0.1) is 0 Å². The van der Waals surface area contributed by atoms with Gasteiger partial charge in [-0.3, -0.25) is 14.4 Å². The second kappa shape index (κ2) is 66.6. The maximum Gasteiger partial charge on any atom is 0.306 e. The van der Waals surface area contributed by atoms with Crippen LogP contribution in [0.25, 0.3) is 0 Å². The minimum atomic E-state index is -0.796. The van der Waals surface area contributed by atoms with Crippen LogP contribution in [0.4, 0.5) is 0 Å². The minimum Gasteiger partial charge on any atom is -0.462 e. The number of carbonyl (C=O) groups is 3. The van der Waals surface area contributed by atoms with Crippen molar-refractivity contribution in [2.75, 3.05) is 13.2 Å². The van der Waals surface area contributed by atoms with Crippen LogP contribution in [0, 0.1) is 0 Å². The number of rotatable bonds is 60. The van der Waals surface area contributed by atoms with Crippen molar-refractivity contribution in [3.8, 4) is 0 Å². The molecule has 1 unspecified atom stereocenters. The number of hydrogen-bond acceptors (Lipinski definition) is 6. The molecule has 0 bridgehead atoms. The Balaban J connectivity index is 4.26. The zero-order valence-corrected chi connectivity index (χ0v) is 51.9. The maximum absolute atomic E-state index is 12.9. The largest absolute Gasteiger partial charge is 0.462 e. The van der Waals surface area contributed by atoms with Crippen LogP contribution in [0.1, 0.15) is 316 Å². The van der Waals surface area contributed by atoms with Crippen LogP contribution in [0.2, 0.25) is 0 Å². The number of unbranched alkanes of at least 4 members (excludes halogenated alkanes) is 31. The van der Waals surface area contributed by atoms with Crippen molar-refractivity contribution >= 4 is 17.9 Å². The lowest BCUT2D eigenvalue weighted by Crippen LogP contribution is -2.30. The molecule has 0 rings (SSSR count). The van der Waals surface area contributed by atoms with Gasteiger partial charge < -0.3 is 14.2 Å². The van der Waals surface area contributed by atoms with Crippen molar-refractivity contribution in [2.24, 2.45) is 0 Å². The van der Waals surface area contributed by atoms with E-state index in [1.165, 1.54) is 161 Å². The summed E-state index contributed by atoms with van der Waals surface area (Å²) >= 11 is 0. The van der Waals surface area contributed by atoms with E-state index < -0.39 is 6.10 Å². The normalized spacial score (nSPS) is 12.8. The quantitative estimate of drug-likeness (QED) is 0.0261. The molecule has 0 aliphatic carbocycles. The maximum atomic E-state index is 12.9. The van der Waals surface area contributed by atoms with E-state index in [0.717, 1.165) is 116 Å². The molecule has 79 heavy (non-hydrogen) atoms. The molecule has 0 saturated heterocycles. The van der Waals surface area contributed by atoms with Crippen molar-refractivity contribution in [3.63, 3.8) is 0 Å². The Labute approximate surface area is 489 Å². The first-order valence-corrected chi connectivity index (χ1v) is 33.4. The summed E-state index contributed by atoms with van der Waals surface area (Å²) in [5.74, 6) is -0.918. The predicted molar refractivity (Wildman–Crippen MR) is 343 cm³/mol. The number of carbonyl (C=O) groups excluding carboxylic acids is 3. The SMILES string of the molecule is CC/C=C\C/C=C\C/C=C\C/C=C\C/C=C\C/C=C\C/C=C\CCCCCC(=O)OC(COC(=O)CCCCCCCCCCC)COC(=O)CCCCCCCCCCCCCCCCC/C=C\C/C=C\CCCCCCC. The van der Waals surface area contributed by atoms with E-state index in [2.05, 4.69) is 130 Å². The van der Waals surface area contributed by atoms with Gasteiger partial charge >= 0.3 is 17.9 Å². The zero-order valence-electron chi connectivity index (χ0n) is 51.9. The fraction of sp³-hybridized carbons (Fsp3) is 0.712. The average molecular weight is 1100 g/mol. The van der Waals surface area contributed by atoms with Crippen LogP contribution in [0.3, 0.4) is 0 Å². The highest BCUT2D eigenvalue weighted by molar-refractivity contribution is 5.71. The molecule has 0 saturated carbocycles. The van der Waals surface area contributed by atoms with Gasteiger partial charge in [0.25, 0.3) is 0 Å². The van der Waals surface area contributed by atoms with Crippen molar-refractivity contribution in [2.45, 2.75) is 322 Å². The van der Waals surface area contributed by atoms with E-state index in [1.807, 2.05) is 0 Å². The number of hydrogen-bond donors (Lipinski definition) is 0. The average Bonchev–Trinajstić information content (AvgIpc) is 3.45. The molecule has 6 heteroatoms. The summed E-state index contributed by atoms with van der Waals surface area (Å²) < 4.78 is 16.9. The summed E-state index contributed by atoms with van der Waals surface area (Å²) in [4.78, 5) is 38.2. The summed E-state index contributed by atoms with van der Waals surface area (Å²) in [6, 6.07) is 0. The summed E-state index contributed by atoms with van der Waals surface area (Å²) in [6.45, 7) is 6.49. The minimum absolute atomic E-state index is 0.0901. The molecule has 0 aromatic carbocycles. The fourth-order valence-electron chi connectivity index (χ4n) is 9.28. The Kier molecular flexibility index (Phi) is 63.3. The van der Waals surface area contributed by atoms with Gasteiger partial charge in [-0.05, 0) is 109 Å². The summed E-state index contributed by atoms with van der Waals surface area (Å²) in [5.41, 5.74) is 0. The van der Waals surface area contributed by atoms with E-state index in [1.54, 1.807) is 0 Å². The molecule has 0 aliphatic heterocycles. The molecular formula is C73H124O6. The van der Waals surface area contributed by atoms with Crippen LogP contribution in [0.5, 0.6) is 0 Å². The monoisotopic (exact) mass is 1100 g/mol. The first-order valence-electron chi connectivity index (χ1n) is 33.4. The standard InChI is InChI=1S/C73H124O6/c1-4-7-10-13-16-19-21-23-25-27-29-31-33-35-36-38-39-41-43-45-47-49-51-54-57-60-63-66-72(75)78-69-70(68-77-71(74)65-62-59-56-53-18-15-12-9-6-3)79-73(76)67-64-61-58-55-52-50-48-46-44-42-40-37-34-32-30-28-26-24-22-20-17-14-11-8-5-2/h8,11,17,20-21,23-24,26-27,29-30,32,37,40,44,46,50,52,70H,4-7,9-10,12-16,18-19,22,25,28,31,33-36,38-39,41-43,45,47-49,51,53-69H2,1-3H3/b11-8-,20-17-,23-21-,26-24-,29-27-,32-30-,40-37-,46-44-,52-50-. The molecule has 0 spiro atoms. The first-order chi connectivity index (χ1) is 39.0. The lowest BCUT2D eigenvalue weighted by molar-refractivity contribution is -0.167. The molecule has 1 atom stereocenters. The lowest BCUT2D eigenvalue weighted by Gasteiger charge is -2.18. The zero-order chi connectivity index (χ0) is 57.1. The first kappa shape index (κ1) is 75.1. The number of ether oxygens (including phenoxy) is 3.